The van der Waals surface area contributed by atoms with Crippen molar-refractivity contribution >= 4 is 11.8 Å². The van der Waals surface area contributed by atoms with E-state index in [4.69, 9.17) is 0 Å². The minimum absolute atomic E-state index is 0.0300. The largest absolute Gasteiger partial charge is 0.353 e. The molecule has 0 fully saturated rings. The molecule has 1 heterocycles. The molecule has 0 aromatic carbocycles. The van der Waals surface area contributed by atoms with Crippen LogP contribution >= 0.6 is 0 Å². The molecule has 1 aromatic heterocycles. The van der Waals surface area contributed by atoms with Crippen LogP contribution in [-0.2, 0) is 23.2 Å². The lowest BCUT2D eigenvalue weighted by atomic mass is 9.84. The number of hydrogen-bond acceptors (Lipinski definition) is 2. The lowest BCUT2D eigenvalue weighted by Crippen LogP contribution is -2.45. The average Bonchev–Trinajstić information content (AvgIpc) is 2.95. The summed E-state index contributed by atoms with van der Waals surface area (Å²) in [5.74, 6) is 1.12. The summed E-state index contributed by atoms with van der Waals surface area (Å²) in [5, 5.41) is 0. The van der Waals surface area contributed by atoms with E-state index < -0.39 is 0 Å². The highest BCUT2D eigenvalue weighted by Gasteiger charge is 2.25. The Morgan fingerprint density at radius 3 is 2.00 bits per heavy atom. The molecule has 0 unspecified atom stereocenters. The fraction of sp³-hybridized carbons (Fsp3) is 0.760. The van der Waals surface area contributed by atoms with Gasteiger partial charge in [-0.05, 0) is 41.7 Å². The maximum Gasteiger partial charge on any atom is 0.242 e. The number of carbonyl (C=O) groups excluding carboxylic acids is 2. The third kappa shape index (κ3) is 9.82. The quantitative estimate of drug-likeness (QED) is 0.509. The van der Waals surface area contributed by atoms with E-state index in [1.807, 2.05) is 34.8 Å². The molecule has 0 bridgehead atoms. The first-order chi connectivity index (χ1) is 13.8. The molecule has 0 aliphatic rings. The van der Waals surface area contributed by atoms with Crippen molar-refractivity contribution in [3.63, 3.8) is 0 Å². The topological polar surface area (TPSA) is 45.6 Å². The van der Waals surface area contributed by atoms with E-state index in [1.54, 1.807) is 4.90 Å². The minimum Gasteiger partial charge on any atom is -0.353 e. The normalized spacial score (nSPS) is 13.0. The Morgan fingerprint density at radius 1 is 0.967 bits per heavy atom. The van der Waals surface area contributed by atoms with E-state index in [1.165, 1.54) is 0 Å². The first-order valence-corrected chi connectivity index (χ1v) is 11.4. The zero-order valence-electron chi connectivity index (χ0n) is 20.9. The van der Waals surface area contributed by atoms with Gasteiger partial charge in [0.2, 0.25) is 11.8 Å². The highest BCUT2D eigenvalue weighted by Crippen LogP contribution is 2.26. The van der Waals surface area contributed by atoms with Gasteiger partial charge in [0, 0.05) is 38.4 Å². The van der Waals surface area contributed by atoms with Crippen LogP contribution in [0.1, 0.15) is 73.9 Å². The van der Waals surface area contributed by atoms with Crippen molar-refractivity contribution in [1.82, 2.24) is 14.4 Å². The van der Waals surface area contributed by atoms with Gasteiger partial charge in [-0.3, -0.25) is 9.59 Å². The van der Waals surface area contributed by atoms with E-state index in [0.29, 0.717) is 43.8 Å². The van der Waals surface area contributed by atoms with Gasteiger partial charge < -0.3 is 14.4 Å². The third-order valence-electron chi connectivity index (χ3n) is 5.09. The van der Waals surface area contributed by atoms with Gasteiger partial charge in [-0.1, -0.05) is 55.4 Å². The summed E-state index contributed by atoms with van der Waals surface area (Å²) in [5.41, 5.74) is 1.30. The maximum atomic E-state index is 13.2. The van der Waals surface area contributed by atoms with Crippen molar-refractivity contribution in [3.05, 3.63) is 24.0 Å². The van der Waals surface area contributed by atoms with Crippen molar-refractivity contribution in [2.24, 2.45) is 30.2 Å². The second kappa shape index (κ2) is 11.6. The number of carbonyl (C=O) groups is 2. The first-order valence-electron chi connectivity index (χ1n) is 11.4. The number of aromatic nitrogens is 1. The Morgan fingerprint density at radius 2 is 1.53 bits per heavy atom. The Kier molecular flexibility index (Phi) is 10.1. The molecule has 0 aliphatic heterocycles. The van der Waals surface area contributed by atoms with Gasteiger partial charge >= 0.3 is 0 Å². The first kappa shape index (κ1) is 26.3. The molecule has 2 amide bonds. The standard InChI is InChI=1S/C25H45N3O2/c1-19(2)15-27(17-22-11-10-12-26(22)9)24(30)18-28(16-20(3)4)23(29)13-21(5)14-25(6,7)8/h10-12,19-21H,13-18H2,1-9H3/t21-/m0/s1. The molecular weight excluding hydrogens is 374 g/mol. The number of rotatable bonds is 11. The molecule has 0 saturated carbocycles. The monoisotopic (exact) mass is 419 g/mol. The highest BCUT2D eigenvalue weighted by atomic mass is 16.2. The van der Waals surface area contributed by atoms with Gasteiger partial charge in [0.05, 0.1) is 13.1 Å². The van der Waals surface area contributed by atoms with Crippen LogP contribution in [0.4, 0.5) is 0 Å². The van der Waals surface area contributed by atoms with E-state index >= 15 is 0 Å². The third-order valence-corrected chi connectivity index (χ3v) is 5.09. The minimum atomic E-state index is 0.0300. The van der Waals surface area contributed by atoms with Crippen molar-refractivity contribution < 1.29 is 9.59 Å². The molecule has 0 radical (unpaired) electrons. The Balaban J connectivity index is 2.89. The summed E-state index contributed by atoms with van der Waals surface area (Å²) in [6.07, 6.45) is 3.49. The molecule has 5 heteroatoms. The lowest BCUT2D eigenvalue weighted by molar-refractivity contribution is -0.142. The van der Waals surface area contributed by atoms with Crippen LogP contribution in [0.25, 0.3) is 0 Å². The second-order valence-electron chi connectivity index (χ2n) is 11.0. The van der Waals surface area contributed by atoms with Gasteiger partial charge in [0.1, 0.15) is 0 Å². The van der Waals surface area contributed by atoms with Crippen molar-refractivity contribution in [3.8, 4) is 0 Å². The van der Waals surface area contributed by atoms with E-state index in [-0.39, 0.29) is 23.8 Å². The molecule has 172 valence electrons. The summed E-state index contributed by atoms with van der Waals surface area (Å²) in [6, 6.07) is 4.05. The molecule has 1 aromatic rings. The van der Waals surface area contributed by atoms with E-state index in [2.05, 4.69) is 55.4 Å². The van der Waals surface area contributed by atoms with E-state index in [9.17, 15) is 9.59 Å². The van der Waals surface area contributed by atoms with Gasteiger partial charge in [-0.25, -0.2) is 0 Å². The van der Waals surface area contributed by atoms with Crippen LogP contribution in [-0.4, -0.2) is 45.8 Å². The summed E-state index contributed by atoms with van der Waals surface area (Å²) in [6.45, 7) is 19.2. The zero-order valence-corrected chi connectivity index (χ0v) is 20.9. The highest BCUT2D eigenvalue weighted by molar-refractivity contribution is 5.85. The molecule has 1 atom stereocenters. The molecule has 0 aliphatic carbocycles. The van der Waals surface area contributed by atoms with Gasteiger partial charge in [-0.15, -0.1) is 0 Å². The van der Waals surface area contributed by atoms with Gasteiger partial charge in [0.25, 0.3) is 0 Å². The number of aryl methyl sites for hydroxylation is 1. The molecule has 0 spiro atoms. The van der Waals surface area contributed by atoms with E-state index in [0.717, 1.165) is 12.1 Å². The molecular formula is C25H45N3O2. The van der Waals surface area contributed by atoms with Crippen LogP contribution in [0.5, 0.6) is 0 Å². The fourth-order valence-electron chi connectivity index (χ4n) is 4.05. The smallest absolute Gasteiger partial charge is 0.242 e. The van der Waals surface area contributed by atoms with Crippen LogP contribution in [0.2, 0.25) is 0 Å². The summed E-state index contributed by atoms with van der Waals surface area (Å²) in [7, 11) is 2.00. The van der Waals surface area contributed by atoms with Crippen molar-refractivity contribution in [2.45, 2.75) is 74.8 Å². The van der Waals surface area contributed by atoms with Crippen molar-refractivity contribution in [1.29, 1.82) is 0 Å². The number of amides is 2. The SMILES string of the molecule is CC(C)CN(CC(=O)N(Cc1cccn1C)CC(C)C)C(=O)C[C@H](C)CC(C)(C)C. The molecule has 1 rings (SSSR count). The Hall–Kier alpha value is -1.78. The summed E-state index contributed by atoms with van der Waals surface area (Å²) >= 11 is 0. The molecule has 30 heavy (non-hydrogen) atoms. The van der Waals surface area contributed by atoms with Crippen LogP contribution < -0.4 is 0 Å². The average molecular weight is 420 g/mol. The maximum absolute atomic E-state index is 13.2. The Bertz CT molecular complexity index is 670. The fourth-order valence-corrected chi connectivity index (χ4v) is 4.05. The molecule has 5 nitrogen and oxygen atoms in total. The summed E-state index contributed by atoms with van der Waals surface area (Å²) in [4.78, 5) is 30.0. The lowest BCUT2D eigenvalue weighted by Gasteiger charge is -2.31. The Labute approximate surface area is 184 Å². The van der Waals surface area contributed by atoms with Gasteiger partial charge in [-0.2, -0.15) is 0 Å². The number of nitrogens with zero attached hydrogens (tertiary/aromatic N) is 3. The number of hydrogen-bond donors (Lipinski definition) is 0. The van der Waals surface area contributed by atoms with Crippen LogP contribution in [0.15, 0.2) is 18.3 Å². The zero-order chi connectivity index (χ0) is 23.1. The van der Waals surface area contributed by atoms with Gasteiger partial charge in [0.15, 0.2) is 0 Å². The molecule has 0 saturated heterocycles. The molecule has 0 N–H and O–H groups in total. The van der Waals surface area contributed by atoms with Crippen LogP contribution in [0.3, 0.4) is 0 Å². The summed E-state index contributed by atoms with van der Waals surface area (Å²) < 4.78 is 2.05. The van der Waals surface area contributed by atoms with Crippen molar-refractivity contribution in [2.75, 3.05) is 19.6 Å². The predicted molar refractivity (Wildman–Crippen MR) is 125 cm³/mol. The second-order valence-corrected chi connectivity index (χ2v) is 11.0. The predicted octanol–water partition coefficient (Wildman–Crippen LogP) is 4.96. The van der Waals surface area contributed by atoms with Crippen LogP contribution in [0, 0.1) is 23.2 Å².